The molecule has 5 rings (SSSR count). The lowest BCUT2D eigenvalue weighted by Gasteiger charge is -2.08. The Morgan fingerprint density at radius 3 is 2.26 bits per heavy atom. The van der Waals surface area contributed by atoms with Gasteiger partial charge in [-0.05, 0) is 42.0 Å². The molecule has 152 valence electrons. The number of para-hydroxylation sites is 2. The molecule has 0 aliphatic rings. The number of benzene rings is 3. The molecule has 7 heteroatoms. The molecule has 0 aliphatic carbocycles. The Kier molecular flexibility index (Phi) is 4.88. The zero-order valence-electron chi connectivity index (χ0n) is 16.4. The van der Waals surface area contributed by atoms with Gasteiger partial charge < -0.3 is 11.1 Å². The molecule has 0 fully saturated rings. The van der Waals surface area contributed by atoms with Crippen molar-refractivity contribution in [2.24, 2.45) is 0 Å². The Hall–Kier alpha value is -3.71. The standard InChI is InChI=1S/C24H18BrN5O/c25-16-10-12-17(13-11-16)30-22(26)20(24(31)27-14-15-6-2-1-3-7-15)21-23(30)29-19-9-5-4-8-18(19)28-21/h1-13H,14,26H2,(H,27,31). The van der Waals surface area contributed by atoms with Gasteiger partial charge >= 0.3 is 0 Å². The predicted molar refractivity (Wildman–Crippen MR) is 126 cm³/mol. The smallest absolute Gasteiger partial charge is 0.257 e. The van der Waals surface area contributed by atoms with Gasteiger partial charge in [-0.25, -0.2) is 9.97 Å². The van der Waals surface area contributed by atoms with Crippen molar-refractivity contribution in [1.82, 2.24) is 19.9 Å². The van der Waals surface area contributed by atoms with Crippen LogP contribution in [0.5, 0.6) is 0 Å². The second kappa shape index (κ2) is 7.85. The maximum Gasteiger partial charge on any atom is 0.257 e. The third-order valence-corrected chi connectivity index (χ3v) is 5.63. The number of fused-ring (bicyclic) bond motifs is 2. The number of rotatable bonds is 4. The van der Waals surface area contributed by atoms with Crippen LogP contribution < -0.4 is 11.1 Å². The molecule has 0 bridgehead atoms. The summed E-state index contributed by atoms with van der Waals surface area (Å²) in [6, 6.07) is 25.0. The third-order valence-electron chi connectivity index (χ3n) is 5.11. The number of nitrogen functional groups attached to an aromatic ring is 1. The van der Waals surface area contributed by atoms with Crippen LogP contribution in [0.15, 0.2) is 83.3 Å². The third kappa shape index (κ3) is 3.53. The summed E-state index contributed by atoms with van der Waals surface area (Å²) < 4.78 is 2.72. The number of aromatic nitrogens is 3. The average Bonchev–Trinajstić information content (AvgIpc) is 3.08. The second-order valence-electron chi connectivity index (χ2n) is 7.12. The second-order valence-corrected chi connectivity index (χ2v) is 8.04. The van der Waals surface area contributed by atoms with Gasteiger partial charge in [-0.3, -0.25) is 9.36 Å². The van der Waals surface area contributed by atoms with Crippen LogP contribution in [-0.4, -0.2) is 20.4 Å². The van der Waals surface area contributed by atoms with E-state index in [0.717, 1.165) is 21.2 Å². The molecule has 3 N–H and O–H groups in total. The Balaban J connectivity index is 1.67. The summed E-state index contributed by atoms with van der Waals surface area (Å²) in [5.41, 5.74) is 11.1. The number of hydrogen-bond acceptors (Lipinski definition) is 4. The zero-order chi connectivity index (χ0) is 21.4. The van der Waals surface area contributed by atoms with Gasteiger partial charge in [0.2, 0.25) is 0 Å². The fourth-order valence-corrected chi connectivity index (χ4v) is 3.87. The van der Waals surface area contributed by atoms with Gasteiger partial charge in [0, 0.05) is 16.7 Å². The Bertz CT molecular complexity index is 1410. The van der Waals surface area contributed by atoms with Crippen molar-refractivity contribution in [3.05, 3.63) is 94.5 Å². The van der Waals surface area contributed by atoms with Crippen molar-refractivity contribution in [2.45, 2.75) is 6.54 Å². The van der Waals surface area contributed by atoms with Crippen molar-refractivity contribution >= 4 is 49.9 Å². The van der Waals surface area contributed by atoms with Crippen LogP contribution in [0.1, 0.15) is 15.9 Å². The quantitative estimate of drug-likeness (QED) is 0.392. The van der Waals surface area contributed by atoms with E-state index in [0.29, 0.717) is 34.6 Å². The molecule has 0 atom stereocenters. The molecule has 0 unspecified atom stereocenters. The Morgan fingerprint density at radius 1 is 0.903 bits per heavy atom. The molecular weight excluding hydrogens is 454 g/mol. The first kappa shape index (κ1) is 19.3. The molecular formula is C24H18BrN5O. The normalized spacial score (nSPS) is 11.1. The number of nitrogens with one attached hydrogen (secondary N) is 1. The van der Waals surface area contributed by atoms with Crippen LogP contribution in [-0.2, 0) is 6.54 Å². The molecule has 0 saturated carbocycles. The minimum absolute atomic E-state index is 0.285. The first-order chi connectivity index (χ1) is 15.1. The summed E-state index contributed by atoms with van der Waals surface area (Å²) in [5.74, 6) is 0.0185. The summed E-state index contributed by atoms with van der Waals surface area (Å²) >= 11 is 3.46. The van der Waals surface area contributed by atoms with Gasteiger partial charge in [0.1, 0.15) is 16.9 Å². The van der Waals surface area contributed by atoms with E-state index in [2.05, 4.69) is 21.2 Å². The van der Waals surface area contributed by atoms with Crippen LogP contribution in [0.4, 0.5) is 5.82 Å². The SMILES string of the molecule is Nc1c(C(=O)NCc2ccccc2)c2nc3ccccc3nc2n1-c1ccc(Br)cc1. The van der Waals surface area contributed by atoms with Crippen molar-refractivity contribution in [3.8, 4) is 5.69 Å². The number of anilines is 1. The molecule has 0 spiro atoms. The summed E-state index contributed by atoms with van der Waals surface area (Å²) in [4.78, 5) is 22.7. The molecule has 0 radical (unpaired) electrons. The summed E-state index contributed by atoms with van der Waals surface area (Å²) in [5, 5.41) is 2.96. The van der Waals surface area contributed by atoms with E-state index < -0.39 is 0 Å². The summed E-state index contributed by atoms with van der Waals surface area (Å²) in [6.45, 7) is 0.394. The highest BCUT2D eigenvalue weighted by molar-refractivity contribution is 9.10. The minimum Gasteiger partial charge on any atom is -0.384 e. The highest BCUT2D eigenvalue weighted by Gasteiger charge is 2.24. The number of carbonyl (C=O) groups excluding carboxylic acids is 1. The lowest BCUT2D eigenvalue weighted by atomic mass is 10.2. The molecule has 2 heterocycles. The maximum absolute atomic E-state index is 13.2. The summed E-state index contributed by atoms with van der Waals surface area (Å²) in [6.07, 6.45) is 0. The van der Waals surface area contributed by atoms with Crippen molar-refractivity contribution in [3.63, 3.8) is 0 Å². The van der Waals surface area contributed by atoms with Gasteiger partial charge in [-0.15, -0.1) is 0 Å². The van der Waals surface area contributed by atoms with Crippen LogP contribution in [0.2, 0.25) is 0 Å². The van der Waals surface area contributed by atoms with E-state index in [9.17, 15) is 4.79 Å². The fourth-order valence-electron chi connectivity index (χ4n) is 3.60. The zero-order valence-corrected chi connectivity index (χ0v) is 18.0. The number of carbonyl (C=O) groups is 1. The van der Waals surface area contributed by atoms with Gasteiger partial charge in [0.05, 0.1) is 11.0 Å². The highest BCUT2D eigenvalue weighted by atomic mass is 79.9. The van der Waals surface area contributed by atoms with Crippen molar-refractivity contribution in [2.75, 3.05) is 5.73 Å². The topological polar surface area (TPSA) is 85.8 Å². The van der Waals surface area contributed by atoms with E-state index in [1.165, 1.54) is 0 Å². The lowest BCUT2D eigenvalue weighted by molar-refractivity contribution is 0.0953. The average molecular weight is 472 g/mol. The molecule has 3 aromatic carbocycles. The Morgan fingerprint density at radius 2 is 1.55 bits per heavy atom. The van der Waals surface area contributed by atoms with Gasteiger partial charge in [0.25, 0.3) is 5.91 Å². The molecule has 6 nitrogen and oxygen atoms in total. The predicted octanol–water partition coefficient (Wildman–Crippen LogP) is 4.85. The molecule has 31 heavy (non-hydrogen) atoms. The van der Waals surface area contributed by atoms with Gasteiger partial charge in [-0.1, -0.05) is 58.4 Å². The van der Waals surface area contributed by atoms with Crippen LogP contribution in [0.3, 0.4) is 0 Å². The van der Waals surface area contributed by atoms with E-state index in [-0.39, 0.29) is 5.91 Å². The minimum atomic E-state index is -0.285. The van der Waals surface area contributed by atoms with Crippen LogP contribution in [0.25, 0.3) is 27.9 Å². The number of nitrogens with zero attached hydrogens (tertiary/aromatic N) is 3. The highest BCUT2D eigenvalue weighted by Crippen LogP contribution is 2.31. The van der Waals surface area contributed by atoms with Crippen LogP contribution >= 0.6 is 15.9 Å². The monoisotopic (exact) mass is 471 g/mol. The largest absolute Gasteiger partial charge is 0.384 e. The number of halogens is 1. The molecule has 1 amide bonds. The van der Waals surface area contributed by atoms with Gasteiger partial charge in [-0.2, -0.15) is 0 Å². The molecule has 5 aromatic rings. The Labute approximate surface area is 186 Å². The number of hydrogen-bond donors (Lipinski definition) is 2. The van der Waals surface area contributed by atoms with Crippen molar-refractivity contribution in [1.29, 1.82) is 0 Å². The van der Waals surface area contributed by atoms with E-state index in [4.69, 9.17) is 15.7 Å². The number of amides is 1. The summed E-state index contributed by atoms with van der Waals surface area (Å²) in [7, 11) is 0. The fraction of sp³-hybridized carbons (Fsp3) is 0.0417. The number of nitrogens with two attached hydrogens (primary N) is 1. The molecule has 2 aromatic heterocycles. The van der Waals surface area contributed by atoms with E-state index >= 15 is 0 Å². The van der Waals surface area contributed by atoms with E-state index in [1.54, 1.807) is 4.57 Å². The van der Waals surface area contributed by atoms with Crippen molar-refractivity contribution < 1.29 is 4.79 Å². The van der Waals surface area contributed by atoms with Gasteiger partial charge in [0.15, 0.2) is 5.65 Å². The first-order valence-corrected chi connectivity index (χ1v) is 10.6. The van der Waals surface area contributed by atoms with Crippen LogP contribution in [0, 0.1) is 0 Å². The van der Waals surface area contributed by atoms with E-state index in [1.807, 2.05) is 78.9 Å². The lowest BCUT2D eigenvalue weighted by Crippen LogP contribution is -2.23. The molecule has 0 aliphatic heterocycles. The molecule has 0 saturated heterocycles. The first-order valence-electron chi connectivity index (χ1n) is 9.76. The maximum atomic E-state index is 13.2.